The van der Waals surface area contributed by atoms with Crippen molar-refractivity contribution in [1.29, 1.82) is 0 Å². The highest BCUT2D eigenvalue weighted by Gasteiger charge is 2.06. The van der Waals surface area contributed by atoms with E-state index >= 15 is 0 Å². The van der Waals surface area contributed by atoms with Crippen LogP contribution in [0.3, 0.4) is 0 Å². The predicted molar refractivity (Wildman–Crippen MR) is 60.5 cm³/mol. The number of nitrogens with zero attached hydrogens (tertiary/aromatic N) is 3. The SMILES string of the molecule is CC(C)c1ccnc(-c2ccnn2C)c1. The van der Waals surface area contributed by atoms with Crippen LogP contribution in [0.25, 0.3) is 11.4 Å². The molecule has 0 aliphatic rings. The fraction of sp³-hybridized carbons (Fsp3) is 0.333. The number of aromatic nitrogens is 3. The Hall–Kier alpha value is -1.64. The van der Waals surface area contributed by atoms with E-state index in [-0.39, 0.29) is 0 Å². The van der Waals surface area contributed by atoms with E-state index in [1.54, 1.807) is 6.20 Å². The fourth-order valence-electron chi connectivity index (χ4n) is 1.57. The molecule has 3 heteroatoms. The second-order valence-electron chi connectivity index (χ2n) is 3.97. The summed E-state index contributed by atoms with van der Waals surface area (Å²) >= 11 is 0. The van der Waals surface area contributed by atoms with E-state index in [0.29, 0.717) is 5.92 Å². The zero-order valence-electron chi connectivity index (χ0n) is 9.31. The second-order valence-corrected chi connectivity index (χ2v) is 3.97. The van der Waals surface area contributed by atoms with Gasteiger partial charge in [0.2, 0.25) is 0 Å². The Morgan fingerprint density at radius 3 is 2.60 bits per heavy atom. The normalized spacial score (nSPS) is 10.9. The van der Waals surface area contributed by atoms with Crippen LogP contribution in [0.5, 0.6) is 0 Å². The Morgan fingerprint density at radius 2 is 2.00 bits per heavy atom. The van der Waals surface area contributed by atoms with Gasteiger partial charge in [0.25, 0.3) is 0 Å². The van der Waals surface area contributed by atoms with Crippen molar-refractivity contribution in [3.8, 4) is 11.4 Å². The first-order valence-corrected chi connectivity index (χ1v) is 5.13. The van der Waals surface area contributed by atoms with Gasteiger partial charge < -0.3 is 0 Å². The topological polar surface area (TPSA) is 30.7 Å². The van der Waals surface area contributed by atoms with Crippen molar-refractivity contribution in [1.82, 2.24) is 14.8 Å². The molecule has 0 bridgehead atoms. The van der Waals surface area contributed by atoms with Crippen molar-refractivity contribution in [3.05, 3.63) is 36.2 Å². The molecule has 2 aromatic heterocycles. The molecule has 0 fully saturated rings. The van der Waals surface area contributed by atoms with Gasteiger partial charge >= 0.3 is 0 Å². The van der Waals surface area contributed by atoms with E-state index < -0.39 is 0 Å². The van der Waals surface area contributed by atoms with Gasteiger partial charge in [0.05, 0.1) is 11.4 Å². The molecular formula is C12H15N3. The summed E-state index contributed by atoms with van der Waals surface area (Å²) in [6.45, 7) is 4.37. The minimum atomic E-state index is 0.528. The zero-order chi connectivity index (χ0) is 10.8. The van der Waals surface area contributed by atoms with Gasteiger partial charge in [0.15, 0.2) is 0 Å². The molecule has 0 spiro atoms. The fourth-order valence-corrected chi connectivity index (χ4v) is 1.57. The van der Waals surface area contributed by atoms with Crippen molar-refractivity contribution in [2.45, 2.75) is 19.8 Å². The number of aryl methyl sites for hydroxylation is 1. The second kappa shape index (κ2) is 3.85. The van der Waals surface area contributed by atoms with E-state index in [0.717, 1.165) is 11.4 Å². The van der Waals surface area contributed by atoms with Gasteiger partial charge in [0, 0.05) is 19.4 Å². The van der Waals surface area contributed by atoms with Gasteiger partial charge in [-0.3, -0.25) is 9.67 Å². The van der Waals surface area contributed by atoms with E-state index in [9.17, 15) is 0 Å². The Morgan fingerprint density at radius 1 is 1.20 bits per heavy atom. The Bertz CT molecular complexity index is 457. The van der Waals surface area contributed by atoms with E-state index in [1.165, 1.54) is 5.56 Å². The van der Waals surface area contributed by atoms with Crippen LogP contribution in [-0.2, 0) is 7.05 Å². The zero-order valence-corrected chi connectivity index (χ0v) is 9.31. The minimum Gasteiger partial charge on any atom is -0.266 e. The van der Waals surface area contributed by atoms with Crippen molar-refractivity contribution in [2.24, 2.45) is 7.05 Å². The summed E-state index contributed by atoms with van der Waals surface area (Å²) in [5, 5.41) is 4.14. The Balaban J connectivity index is 2.46. The molecule has 0 aliphatic heterocycles. The summed E-state index contributed by atoms with van der Waals surface area (Å²) in [6, 6.07) is 6.17. The third kappa shape index (κ3) is 1.91. The summed E-state index contributed by atoms with van der Waals surface area (Å²) < 4.78 is 1.84. The lowest BCUT2D eigenvalue weighted by molar-refractivity contribution is 0.772. The average molecular weight is 201 g/mol. The first-order valence-electron chi connectivity index (χ1n) is 5.13. The molecule has 0 atom stereocenters. The van der Waals surface area contributed by atoms with Gasteiger partial charge in [-0.25, -0.2) is 0 Å². The van der Waals surface area contributed by atoms with Crippen LogP contribution < -0.4 is 0 Å². The lowest BCUT2D eigenvalue weighted by atomic mass is 10.0. The third-order valence-electron chi connectivity index (χ3n) is 2.53. The van der Waals surface area contributed by atoms with Crippen LogP contribution in [0.2, 0.25) is 0 Å². The van der Waals surface area contributed by atoms with Crippen LogP contribution >= 0.6 is 0 Å². The first kappa shape index (κ1) is 9.90. The molecular weight excluding hydrogens is 186 g/mol. The molecule has 2 heterocycles. The Kier molecular flexibility index (Phi) is 2.54. The molecule has 0 N–H and O–H groups in total. The summed E-state index contributed by atoms with van der Waals surface area (Å²) in [5.74, 6) is 0.528. The molecule has 0 saturated carbocycles. The third-order valence-corrected chi connectivity index (χ3v) is 2.53. The highest BCUT2D eigenvalue weighted by atomic mass is 15.3. The van der Waals surface area contributed by atoms with Crippen LogP contribution in [0, 0.1) is 0 Å². The van der Waals surface area contributed by atoms with Gasteiger partial charge in [-0.15, -0.1) is 0 Å². The first-order chi connectivity index (χ1) is 7.18. The summed E-state index contributed by atoms with van der Waals surface area (Å²) in [6.07, 6.45) is 3.65. The van der Waals surface area contributed by atoms with E-state index in [1.807, 2.05) is 24.0 Å². The van der Waals surface area contributed by atoms with Crippen LogP contribution in [0.15, 0.2) is 30.6 Å². The lowest BCUT2D eigenvalue weighted by Gasteiger charge is -2.07. The maximum Gasteiger partial charge on any atom is 0.0885 e. The maximum absolute atomic E-state index is 4.36. The summed E-state index contributed by atoms with van der Waals surface area (Å²) in [4.78, 5) is 4.36. The van der Waals surface area contributed by atoms with E-state index in [4.69, 9.17) is 0 Å². The molecule has 15 heavy (non-hydrogen) atoms. The van der Waals surface area contributed by atoms with Crippen molar-refractivity contribution < 1.29 is 0 Å². The Labute approximate surface area is 89.8 Å². The molecule has 0 aliphatic carbocycles. The largest absolute Gasteiger partial charge is 0.266 e. The number of hydrogen-bond acceptors (Lipinski definition) is 2. The van der Waals surface area contributed by atoms with Crippen LogP contribution in [0.1, 0.15) is 25.3 Å². The highest BCUT2D eigenvalue weighted by molar-refractivity contribution is 5.55. The standard InChI is InChI=1S/C12H15N3/c1-9(2)10-4-6-13-11(8-10)12-5-7-14-15(12)3/h4-9H,1-3H3. The minimum absolute atomic E-state index is 0.528. The van der Waals surface area contributed by atoms with Crippen molar-refractivity contribution in [3.63, 3.8) is 0 Å². The number of hydrogen-bond donors (Lipinski definition) is 0. The summed E-state index contributed by atoms with van der Waals surface area (Å²) in [7, 11) is 1.93. The molecule has 0 aromatic carbocycles. The monoisotopic (exact) mass is 201 g/mol. The molecule has 0 unspecified atom stereocenters. The molecule has 3 nitrogen and oxygen atoms in total. The van der Waals surface area contributed by atoms with Crippen molar-refractivity contribution in [2.75, 3.05) is 0 Å². The highest BCUT2D eigenvalue weighted by Crippen LogP contribution is 2.20. The molecule has 2 aromatic rings. The van der Waals surface area contributed by atoms with E-state index in [2.05, 4.69) is 36.1 Å². The maximum atomic E-state index is 4.36. The number of pyridine rings is 1. The van der Waals surface area contributed by atoms with Gasteiger partial charge in [-0.05, 0) is 29.7 Å². The smallest absolute Gasteiger partial charge is 0.0885 e. The lowest BCUT2D eigenvalue weighted by Crippen LogP contribution is -1.96. The van der Waals surface area contributed by atoms with Crippen LogP contribution in [0.4, 0.5) is 0 Å². The average Bonchev–Trinajstić information content (AvgIpc) is 2.64. The van der Waals surface area contributed by atoms with Gasteiger partial charge in [-0.2, -0.15) is 5.10 Å². The molecule has 0 saturated heterocycles. The summed E-state index contributed by atoms with van der Waals surface area (Å²) in [5.41, 5.74) is 3.35. The van der Waals surface area contributed by atoms with Gasteiger partial charge in [0.1, 0.15) is 0 Å². The molecule has 0 radical (unpaired) electrons. The molecule has 0 amide bonds. The molecule has 2 rings (SSSR count). The van der Waals surface area contributed by atoms with Crippen molar-refractivity contribution >= 4 is 0 Å². The van der Waals surface area contributed by atoms with Gasteiger partial charge in [-0.1, -0.05) is 13.8 Å². The molecule has 78 valence electrons. The quantitative estimate of drug-likeness (QED) is 0.747. The van der Waals surface area contributed by atoms with Crippen LogP contribution in [-0.4, -0.2) is 14.8 Å². The predicted octanol–water partition coefficient (Wildman–Crippen LogP) is 2.61. The number of rotatable bonds is 2.